The first-order valence-electron chi connectivity index (χ1n) is 45.7. The molecule has 0 aliphatic carbocycles. The lowest BCUT2D eigenvalue weighted by molar-refractivity contribution is -0.120. The van der Waals surface area contributed by atoms with Crippen LogP contribution in [0.3, 0.4) is 0 Å². The van der Waals surface area contributed by atoms with Gasteiger partial charge in [-0.05, 0) is 135 Å². The second-order valence-corrected chi connectivity index (χ2v) is 34.4. The van der Waals surface area contributed by atoms with Crippen LogP contribution in [0.25, 0.3) is 78.3 Å². The van der Waals surface area contributed by atoms with E-state index in [1.807, 2.05) is 145 Å². The van der Waals surface area contributed by atoms with Gasteiger partial charge in [0.15, 0.2) is 56.6 Å². The van der Waals surface area contributed by atoms with E-state index in [0.717, 1.165) is 231 Å². The number of phenolic OH excluding ortho intramolecular Hbond substituents is 1. The van der Waals surface area contributed by atoms with Gasteiger partial charge in [0.1, 0.15) is 47.5 Å². The first kappa shape index (κ1) is 87.9. The Balaban J connectivity index is 0.000000112. The standard InChI is InChI=1S/C26H29N7O2.C25H27N9O.C24H25N9O2.C21H21N9O/c1-17-14-32(15-22(17)35)25-23-26(33(16-28-23)20-6-10-27-11-7-20)30-24(29-25)18-8-12-31(13-9-18)19-2-4-21(34)5-3-19;1-18(35)19-6-10-33(16-19)23-22-24(34(17-28-22)20-4-8-26-9-5-20)30-25(29-23)32-13-11-31(12-14-32)21-3-2-7-27-15-21;34-12-11-32-16-26-21-22(32)28-24(29-23(21)33-19-4-2-1-3-18(19)14-27-33)31-9-7-30(8-10-31)20-6-5-17(15-35)13-25-20;22-18-16-5-8-30(15-3-6-24-7-4-15)20(16)27-21(26-18)29-11-9-28(10-12-29)17-2-1-14(13-25-17)19(23)31/h2-7,10-11,16-18,22,34-35H,8-9,12-15H2,1H3;2-5,7-9,15,17,19H,6,10-14,16H2,1H3;1-6,13-14,16,34-35H,7-12,15H2;1-8,13H,9-12H2,(H2,23,31)(H2,22,26,27)/t17-,22-;;;/m0.../s1. The fourth-order valence-electron chi connectivity index (χ4n) is 18.3. The number of rotatable bonds is 19. The van der Waals surface area contributed by atoms with Crippen molar-refractivity contribution in [2.45, 2.75) is 58.3 Å². The molecule has 21 heterocycles. The van der Waals surface area contributed by atoms with Crippen LogP contribution < -0.4 is 55.6 Å². The molecule has 0 radical (unpaired) electrons. The SMILES string of the molecule is CC(=O)C1CCN(c2nc(N3CCN(c4cccnc4)CC3)nc3c2ncn3-c2ccncc2)C1.C[C@H]1CN(c2nc(C3CCN(c4ccc(O)cc4)CC3)nc3c2ncn3-c2ccncc2)C[C@@H]1O.NC(=O)c1ccc(N2CCN(c3nc(N)c4ccn(-c5ccncc5)c4n3)CC2)nc1.OCCn1cnc2c(-n3ncc4ccccc43)nc(N3CCN(c4ccc(CO)cn4)CC3)nc21. The molecule has 23 rings (SSSR count). The van der Waals surface area contributed by atoms with E-state index in [2.05, 4.69) is 102 Å². The molecule has 6 fully saturated rings. The number of aromatic hydroxyl groups is 1. The number of para-hydroxylation sites is 1. The number of pyridine rings is 6. The zero-order valence-corrected chi connectivity index (χ0v) is 75.1. The Morgan fingerprint density at radius 1 is 0.441 bits per heavy atom. The lowest BCUT2D eigenvalue weighted by atomic mass is 9.95. The van der Waals surface area contributed by atoms with Crippen LogP contribution in [0.5, 0.6) is 5.75 Å². The monoisotopic (exact) mass is 1830 g/mol. The average molecular weight is 1830 g/mol. The third kappa shape index (κ3) is 18.4. The zero-order valence-electron chi connectivity index (χ0n) is 75.1. The molecule has 40 nitrogen and oxygen atoms in total. The number of ketones is 1. The molecule has 692 valence electrons. The van der Waals surface area contributed by atoms with Crippen LogP contribution in [0.15, 0.2) is 221 Å². The van der Waals surface area contributed by atoms with Gasteiger partial charge in [-0.2, -0.15) is 35.0 Å². The van der Waals surface area contributed by atoms with Crippen molar-refractivity contribution in [2.24, 2.45) is 17.6 Å². The van der Waals surface area contributed by atoms with Crippen LogP contribution in [-0.4, -0.2) is 275 Å². The number of aromatic nitrogens is 23. The molecule has 17 aromatic rings. The summed E-state index contributed by atoms with van der Waals surface area (Å²) >= 11 is 0. The van der Waals surface area contributed by atoms with E-state index in [4.69, 9.17) is 56.3 Å². The van der Waals surface area contributed by atoms with E-state index in [-0.39, 0.29) is 48.6 Å². The predicted molar refractivity (Wildman–Crippen MR) is 518 cm³/mol. The molecule has 40 heteroatoms. The van der Waals surface area contributed by atoms with Gasteiger partial charge in [0.05, 0.1) is 77.3 Å². The van der Waals surface area contributed by atoms with Crippen LogP contribution in [0.2, 0.25) is 0 Å². The number of phenols is 1. The van der Waals surface area contributed by atoms with Gasteiger partial charge in [-0.3, -0.25) is 38.7 Å². The second-order valence-electron chi connectivity index (χ2n) is 34.4. The number of hydrogen-bond donors (Lipinski definition) is 6. The summed E-state index contributed by atoms with van der Waals surface area (Å²) in [6.45, 7) is 17.9. The molecule has 6 saturated heterocycles. The van der Waals surface area contributed by atoms with E-state index in [0.29, 0.717) is 65.8 Å². The zero-order chi connectivity index (χ0) is 92.9. The summed E-state index contributed by atoms with van der Waals surface area (Å²) in [6.07, 6.45) is 28.8. The van der Waals surface area contributed by atoms with Crippen molar-refractivity contribution in [3.8, 4) is 28.6 Å². The van der Waals surface area contributed by atoms with Crippen molar-refractivity contribution in [1.82, 2.24) is 113 Å². The average Bonchev–Trinajstić information content (AvgIpc) is 1.61. The third-order valence-corrected chi connectivity index (χ3v) is 26.0. The number of carbonyl (C=O) groups is 2. The number of amides is 1. The Bertz CT molecular complexity index is 7020. The third-order valence-electron chi connectivity index (χ3n) is 26.0. The van der Waals surface area contributed by atoms with Gasteiger partial charge in [-0.15, -0.1) is 0 Å². The summed E-state index contributed by atoms with van der Waals surface area (Å²) in [4.78, 5) is 122. The number of nitrogens with zero attached hydrogens (tertiary/aromatic N) is 32. The Morgan fingerprint density at radius 3 is 1.57 bits per heavy atom. The van der Waals surface area contributed by atoms with Crippen LogP contribution in [0.4, 0.5) is 58.3 Å². The van der Waals surface area contributed by atoms with Gasteiger partial charge >= 0.3 is 0 Å². The number of piperidine rings is 1. The van der Waals surface area contributed by atoms with E-state index in [1.54, 1.807) is 93.7 Å². The quantitative estimate of drug-likeness (QED) is 0.0445. The largest absolute Gasteiger partial charge is 0.508 e. The number of hydrogen-bond acceptors (Lipinski definition) is 34. The smallest absolute Gasteiger partial charge is 0.250 e. The molecule has 0 bridgehead atoms. The van der Waals surface area contributed by atoms with Crippen molar-refractivity contribution in [3.05, 3.63) is 238 Å². The van der Waals surface area contributed by atoms with E-state index in [9.17, 15) is 30.0 Å². The number of aliphatic hydroxyl groups is 3. The maximum absolute atomic E-state index is 12.0. The summed E-state index contributed by atoms with van der Waals surface area (Å²) in [5.41, 5.74) is 23.9. The Morgan fingerprint density at radius 2 is 0.993 bits per heavy atom. The predicted octanol–water partition coefficient (Wildman–Crippen LogP) is 8.05. The fourth-order valence-corrected chi connectivity index (χ4v) is 18.3. The topological polar surface area (TPSA) is 453 Å². The number of piperazine rings is 3. The number of benzene rings is 2. The molecule has 1 amide bonds. The van der Waals surface area contributed by atoms with Gasteiger partial charge in [-0.1, -0.05) is 31.2 Å². The number of imidazole rings is 3. The highest BCUT2D eigenvalue weighted by Crippen LogP contribution is 2.38. The summed E-state index contributed by atoms with van der Waals surface area (Å²) < 4.78 is 9.61. The Labute approximate surface area is 780 Å². The fraction of sp³-hybridized carbons (Fsp3) is 0.312. The van der Waals surface area contributed by atoms with Crippen LogP contribution in [0, 0.1) is 11.8 Å². The Hall–Kier alpha value is -16.1. The summed E-state index contributed by atoms with van der Waals surface area (Å²) in [5.74, 6) is 7.61. The van der Waals surface area contributed by atoms with Gasteiger partial charge in [-0.25, -0.2) is 39.6 Å². The van der Waals surface area contributed by atoms with Crippen molar-refractivity contribution in [3.63, 3.8) is 0 Å². The lowest BCUT2D eigenvalue weighted by Crippen LogP contribution is -2.47. The van der Waals surface area contributed by atoms with Gasteiger partial charge in [0, 0.05) is 215 Å². The van der Waals surface area contributed by atoms with E-state index < -0.39 is 5.91 Å². The number of primary amides is 1. The van der Waals surface area contributed by atoms with E-state index in [1.165, 1.54) is 6.20 Å². The number of aliphatic hydroxyl groups excluding tert-OH is 3. The normalized spacial score (nSPS) is 17.1. The molecule has 6 aliphatic heterocycles. The van der Waals surface area contributed by atoms with E-state index >= 15 is 0 Å². The molecule has 2 aromatic carbocycles. The van der Waals surface area contributed by atoms with Gasteiger partial charge in [0.25, 0.3) is 0 Å². The summed E-state index contributed by atoms with van der Waals surface area (Å²) in [7, 11) is 0. The number of β-amino-alcohol motifs (C(OH)–C–C–N with tert-alkyl or cyclic N) is 1. The number of carbonyl (C=O) groups excluding carboxylic acids is 2. The molecule has 8 N–H and O–H groups in total. The molecule has 1 unspecified atom stereocenters. The van der Waals surface area contributed by atoms with Crippen LogP contribution >= 0.6 is 0 Å². The number of fused-ring (bicyclic) bond motifs is 5. The molecule has 6 aliphatic rings. The molecule has 136 heavy (non-hydrogen) atoms. The van der Waals surface area contributed by atoms with Crippen molar-refractivity contribution in [1.29, 1.82) is 0 Å². The number of nitrogens with two attached hydrogens (primary N) is 2. The number of anilines is 10. The highest BCUT2D eigenvalue weighted by Gasteiger charge is 2.36. The molecule has 0 spiro atoms. The first-order chi connectivity index (χ1) is 66.6. The minimum absolute atomic E-state index is 0.00836. The number of Topliss-reactive ketones (excluding diaryl/α,β-unsaturated/α-hetero) is 1. The first-order valence-corrected chi connectivity index (χ1v) is 45.7. The van der Waals surface area contributed by atoms with Gasteiger partial charge < -0.3 is 85.1 Å². The second kappa shape index (κ2) is 39.0. The maximum Gasteiger partial charge on any atom is 0.250 e. The highest BCUT2D eigenvalue weighted by molar-refractivity contribution is 5.93. The summed E-state index contributed by atoms with van der Waals surface area (Å²) in [6, 6.07) is 40.3. The van der Waals surface area contributed by atoms with Gasteiger partial charge in [0.2, 0.25) is 23.8 Å². The molecule has 15 aromatic heterocycles. The molecule has 3 atom stereocenters. The van der Waals surface area contributed by atoms with Crippen LogP contribution in [0.1, 0.15) is 60.8 Å². The van der Waals surface area contributed by atoms with Crippen molar-refractivity contribution < 1.29 is 30.0 Å². The lowest BCUT2D eigenvalue weighted by Gasteiger charge is -2.36. The van der Waals surface area contributed by atoms with Crippen LogP contribution in [-0.2, 0) is 17.9 Å². The maximum atomic E-state index is 12.0. The summed E-state index contributed by atoms with van der Waals surface area (Å²) in [5, 5.41) is 45.3. The Kier molecular flexibility index (Phi) is 25.2. The highest BCUT2D eigenvalue weighted by atomic mass is 16.3. The van der Waals surface area contributed by atoms with Crippen molar-refractivity contribution in [2.75, 3.05) is 174 Å². The molecular weight excluding hydrogens is 1730 g/mol. The minimum Gasteiger partial charge on any atom is -0.508 e. The molecule has 0 saturated carbocycles. The minimum atomic E-state index is -0.481. The van der Waals surface area contributed by atoms with Crippen molar-refractivity contribution >= 4 is 125 Å². The molecular formula is C96H102N34O6. The number of nitrogen functional groups attached to an aromatic ring is 1.